The minimum Gasteiger partial charge on any atom is -0.389 e. The smallest absolute Gasteiger partial charge is 0.102 e. The van der Waals surface area contributed by atoms with Crippen LogP contribution in [0.5, 0.6) is 0 Å². The van der Waals surface area contributed by atoms with Crippen molar-refractivity contribution >= 4 is 0 Å². The second-order valence-corrected chi connectivity index (χ2v) is 5.08. The van der Waals surface area contributed by atoms with Crippen LogP contribution in [0.2, 0.25) is 0 Å². The third-order valence-electron chi connectivity index (χ3n) is 3.26. The first-order valence-electron chi connectivity index (χ1n) is 6.98. The Bertz CT molecular complexity index is 302. The van der Waals surface area contributed by atoms with Gasteiger partial charge in [0.15, 0.2) is 0 Å². The van der Waals surface area contributed by atoms with Crippen molar-refractivity contribution < 1.29 is 14.6 Å². The molecule has 19 heavy (non-hydrogen) atoms. The number of ether oxygens (including phenoxy) is 2. The highest BCUT2D eigenvalue weighted by Crippen LogP contribution is 2.15. The van der Waals surface area contributed by atoms with Crippen molar-refractivity contribution in [2.75, 3.05) is 33.4 Å². The molecule has 0 aromatic rings. The van der Waals surface area contributed by atoms with Crippen LogP contribution in [0.3, 0.4) is 0 Å². The van der Waals surface area contributed by atoms with Gasteiger partial charge in [0.05, 0.1) is 19.3 Å². The van der Waals surface area contributed by atoms with Crippen LogP contribution in [-0.4, -0.2) is 50.7 Å². The molecule has 0 aromatic heterocycles. The summed E-state index contributed by atoms with van der Waals surface area (Å²) in [6.45, 7) is 7.14. The predicted molar refractivity (Wildman–Crippen MR) is 77.2 cm³/mol. The Morgan fingerprint density at radius 2 is 2.21 bits per heavy atom. The van der Waals surface area contributed by atoms with Crippen LogP contribution in [0.15, 0.2) is 23.8 Å². The average molecular weight is 269 g/mol. The van der Waals surface area contributed by atoms with Crippen LogP contribution in [0.1, 0.15) is 20.3 Å². The molecule has 4 nitrogen and oxygen atoms in total. The average Bonchev–Trinajstić information content (AvgIpc) is 2.39. The Hall–Kier alpha value is -0.680. The van der Waals surface area contributed by atoms with Gasteiger partial charge in [0.2, 0.25) is 0 Å². The number of nitrogens with one attached hydrogen (secondary N) is 1. The lowest BCUT2D eigenvalue weighted by atomic mass is 9.97. The molecule has 0 fully saturated rings. The highest BCUT2D eigenvalue weighted by atomic mass is 16.5. The third kappa shape index (κ3) is 6.34. The largest absolute Gasteiger partial charge is 0.389 e. The summed E-state index contributed by atoms with van der Waals surface area (Å²) >= 11 is 0. The number of hydrogen-bond acceptors (Lipinski definition) is 4. The van der Waals surface area contributed by atoms with Crippen molar-refractivity contribution in [1.82, 2.24) is 5.32 Å². The quantitative estimate of drug-likeness (QED) is 0.709. The first-order chi connectivity index (χ1) is 9.15. The van der Waals surface area contributed by atoms with Crippen molar-refractivity contribution in [3.8, 4) is 0 Å². The first kappa shape index (κ1) is 16.4. The Balaban J connectivity index is 2.71. The highest BCUT2D eigenvalue weighted by molar-refractivity contribution is 5.05. The molecule has 1 rings (SSSR count). The van der Waals surface area contributed by atoms with Gasteiger partial charge in [-0.15, -0.1) is 0 Å². The number of aliphatic hydroxyl groups is 1. The molecule has 3 atom stereocenters. The molecule has 0 saturated carbocycles. The zero-order valence-corrected chi connectivity index (χ0v) is 12.3. The Morgan fingerprint density at radius 1 is 1.42 bits per heavy atom. The van der Waals surface area contributed by atoms with E-state index in [1.807, 2.05) is 19.9 Å². The topological polar surface area (TPSA) is 50.7 Å². The second-order valence-electron chi connectivity index (χ2n) is 5.08. The molecule has 0 aromatic carbocycles. The Kier molecular flexibility index (Phi) is 7.98. The minimum atomic E-state index is -0.535. The van der Waals surface area contributed by atoms with Crippen LogP contribution in [0.4, 0.5) is 0 Å². The lowest BCUT2D eigenvalue weighted by Crippen LogP contribution is -2.32. The number of rotatable bonds is 1. The highest BCUT2D eigenvalue weighted by Gasteiger charge is 2.21. The van der Waals surface area contributed by atoms with Gasteiger partial charge in [-0.3, -0.25) is 0 Å². The van der Waals surface area contributed by atoms with E-state index in [4.69, 9.17) is 9.47 Å². The molecule has 1 heterocycles. The van der Waals surface area contributed by atoms with Gasteiger partial charge >= 0.3 is 0 Å². The molecule has 3 unspecified atom stereocenters. The maximum Gasteiger partial charge on any atom is 0.102 e. The molecule has 0 spiro atoms. The van der Waals surface area contributed by atoms with Crippen molar-refractivity contribution in [3.05, 3.63) is 23.8 Å². The second kappa shape index (κ2) is 9.26. The lowest BCUT2D eigenvalue weighted by molar-refractivity contribution is -0.00203. The summed E-state index contributed by atoms with van der Waals surface area (Å²) in [6, 6.07) is 0. The molecule has 0 bridgehead atoms. The molecule has 1 aliphatic heterocycles. The van der Waals surface area contributed by atoms with Crippen LogP contribution >= 0.6 is 0 Å². The van der Waals surface area contributed by atoms with Gasteiger partial charge in [-0.2, -0.15) is 0 Å². The molecule has 4 heteroatoms. The maximum absolute atomic E-state index is 10.3. The van der Waals surface area contributed by atoms with Gasteiger partial charge in [0.25, 0.3) is 0 Å². The van der Waals surface area contributed by atoms with E-state index in [0.717, 1.165) is 25.1 Å². The first-order valence-corrected chi connectivity index (χ1v) is 6.98. The molecular weight excluding hydrogens is 242 g/mol. The van der Waals surface area contributed by atoms with Crippen molar-refractivity contribution in [2.24, 2.45) is 5.92 Å². The van der Waals surface area contributed by atoms with Gasteiger partial charge in [0.1, 0.15) is 6.10 Å². The van der Waals surface area contributed by atoms with E-state index in [-0.39, 0.29) is 12.0 Å². The van der Waals surface area contributed by atoms with Gasteiger partial charge in [-0.1, -0.05) is 30.7 Å². The zero-order valence-electron chi connectivity index (χ0n) is 12.3. The van der Waals surface area contributed by atoms with Gasteiger partial charge < -0.3 is 19.9 Å². The van der Waals surface area contributed by atoms with E-state index in [1.54, 1.807) is 7.11 Å². The monoisotopic (exact) mass is 269 g/mol. The molecule has 0 radical (unpaired) electrons. The van der Waals surface area contributed by atoms with Crippen LogP contribution in [0, 0.1) is 5.92 Å². The third-order valence-corrected chi connectivity index (χ3v) is 3.26. The summed E-state index contributed by atoms with van der Waals surface area (Å²) in [4.78, 5) is 0. The number of hydrogen-bond donors (Lipinski definition) is 2. The van der Waals surface area contributed by atoms with E-state index in [1.165, 1.54) is 0 Å². The summed E-state index contributed by atoms with van der Waals surface area (Å²) in [5.41, 5.74) is 1.14. The maximum atomic E-state index is 10.3. The molecular formula is C15H27NO3. The minimum absolute atomic E-state index is 0.0410. The fourth-order valence-corrected chi connectivity index (χ4v) is 2.14. The number of aliphatic hydroxyl groups excluding tert-OH is 1. The summed E-state index contributed by atoms with van der Waals surface area (Å²) < 4.78 is 10.9. The molecule has 0 amide bonds. The summed E-state index contributed by atoms with van der Waals surface area (Å²) in [5, 5.41) is 13.6. The van der Waals surface area contributed by atoms with E-state index < -0.39 is 6.10 Å². The van der Waals surface area contributed by atoms with Crippen molar-refractivity contribution in [2.45, 2.75) is 32.5 Å². The van der Waals surface area contributed by atoms with Crippen LogP contribution in [-0.2, 0) is 9.47 Å². The van der Waals surface area contributed by atoms with Gasteiger partial charge in [-0.05, 0) is 19.9 Å². The molecule has 1 aliphatic rings. The summed E-state index contributed by atoms with van der Waals surface area (Å²) in [6.07, 6.45) is 6.20. The lowest BCUT2D eigenvalue weighted by Gasteiger charge is -2.23. The summed E-state index contributed by atoms with van der Waals surface area (Å²) in [5.74, 6) is 0.0410. The zero-order chi connectivity index (χ0) is 14.1. The van der Waals surface area contributed by atoms with Gasteiger partial charge in [0, 0.05) is 19.6 Å². The Morgan fingerprint density at radius 3 is 2.95 bits per heavy atom. The van der Waals surface area contributed by atoms with E-state index in [0.29, 0.717) is 13.2 Å². The number of methoxy groups -OCH3 is 1. The molecule has 110 valence electrons. The molecule has 2 N–H and O–H groups in total. The summed E-state index contributed by atoms with van der Waals surface area (Å²) in [7, 11) is 1.63. The van der Waals surface area contributed by atoms with Crippen molar-refractivity contribution in [3.63, 3.8) is 0 Å². The van der Waals surface area contributed by atoms with E-state index in [2.05, 4.69) is 17.5 Å². The molecule has 0 aliphatic carbocycles. The fraction of sp³-hybridized carbons (Fsp3) is 0.733. The van der Waals surface area contributed by atoms with Crippen LogP contribution < -0.4 is 5.32 Å². The standard InChI is InChI=1S/C15H27NO3/c1-12-10-13(2)15(17)14(18-3)6-4-5-7-16-8-9-19-11-12/h4,6,10,13-17H,5,7-9,11H2,1-3H3. The molecule has 0 saturated heterocycles. The SMILES string of the molecule is COC1C=CCCNCCOCC(C)=CC(C)C1O. The van der Waals surface area contributed by atoms with Gasteiger partial charge in [-0.25, -0.2) is 0 Å². The van der Waals surface area contributed by atoms with E-state index >= 15 is 0 Å². The normalized spacial score (nSPS) is 31.6. The fourth-order valence-electron chi connectivity index (χ4n) is 2.14. The van der Waals surface area contributed by atoms with Crippen LogP contribution in [0.25, 0.3) is 0 Å². The van der Waals surface area contributed by atoms with Crippen molar-refractivity contribution in [1.29, 1.82) is 0 Å². The Labute approximate surface area is 116 Å². The predicted octanol–water partition coefficient (Wildman–Crippen LogP) is 1.51. The van der Waals surface area contributed by atoms with E-state index in [9.17, 15) is 5.11 Å².